The molecule has 2 N–H and O–H groups in total. The Kier molecular flexibility index (Phi) is 7.00. The molecule has 0 aliphatic carbocycles. The summed E-state index contributed by atoms with van der Waals surface area (Å²) in [6.45, 7) is 8.45. The number of hydrogen-bond acceptors (Lipinski definition) is 5. The van der Waals surface area contributed by atoms with Crippen LogP contribution in [-0.2, 0) is 24.6 Å². The lowest BCUT2D eigenvalue weighted by molar-refractivity contribution is -0.152. The summed E-state index contributed by atoms with van der Waals surface area (Å²) in [5.74, 6) is -3.34. The smallest absolute Gasteiger partial charge is 0.305 e. The molecule has 0 bridgehead atoms. The highest BCUT2D eigenvalue weighted by atomic mass is 19.1. The predicted octanol–water partition coefficient (Wildman–Crippen LogP) is 3.00. The second-order valence-corrected chi connectivity index (χ2v) is 8.90. The minimum Gasteiger partial charge on any atom is -0.481 e. The SMILES string of the molecule is CC(C)C1(C(=O)NC(CC(=O)O)C(=O)CF)CC(c2cccc(C(C)(C)C)c2)=NO1. The number of alkyl halides is 1. The number of benzene rings is 1. The zero-order valence-corrected chi connectivity index (χ0v) is 18.0. The van der Waals surface area contributed by atoms with Crippen molar-refractivity contribution >= 4 is 23.4 Å². The molecule has 7 nitrogen and oxygen atoms in total. The molecule has 2 rings (SSSR count). The van der Waals surface area contributed by atoms with Crippen LogP contribution < -0.4 is 5.32 Å². The number of carbonyl (C=O) groups excluding carboxylic acids is 2. The number of carboxylic acids is 1. The van der Waals surface area contributed by atoms with Crippen molar-refractivity contribution in [2.75, 3.05) is 6.67 Å². The van der Waals surface area contributed by atoms with Crippen molar-refractivity contribution in [1.29, 1.82) is 0 Å². The Morgan fingerprint density at radius 1 is 1.30 bits per heavy atom. The van der Waals surface area contributed by atoms with Crippen LogP contribution in [0.2, 0.25) is 0 Å². The van der Waals surface area contributed by atoms with Crippen LogP contribution in [0, 0.1) is 5.92 Å². The van der Waals surface area contributed by atoms with Gasteiger partial charge in [0.15, 0.2) is 5.78 Å². The number of aliphatic carboxylic acids is 1. The van der Waals surface area contributed by atoms with Crippen molar-refractivity contribution in [2.45, 2.75) is 64.5 Å². The van der Waals surface area contributed by atoms with Gasteiger partial charge in [0, 0.05) is 12.3 Å². The summed E-state index contributed by atoms with van der Waals surface area (Å²) in [7, 11) is 0. The zero-order chi connectivity index (χ0) is 22.7. The van der Waals surface area contributed by atoms with Gasteiger partial charge in [0.25, 0.3) is 5.91 Å². The molecule has 164 valence electrons. The van der Waals surface area contributed by atoms with E-state index in [-0.39, 0.29) is 17.8 Å². The van der Waals surface area contributed by atoms with E-state index in [1.165, 1.54) is 0 Å². The van der Waals surface area contributed by atoms with Crippen LogP contribution in [0.25, 0.3) is 0 Å². The van der Waals surface area contributed by atoms with Gasteiger partial charge in [-0.05, 0) is 22.6 Å². The van der Waals surface area contributed by atoms with Crippen LogP contribution in [0.3, 0.4) is 0 Å². The third-order valence-electron chi connectivity index (χ3n) is 5.33. The first-order chi connectivity index (χ1) is 13.9. The first kappa shape index (κ1) is 23.5. The van der Waals surface area contributed by atoms with E-state index in [0.717, 1.165) is 11.1 Å². The van der Waals surface area contributed by atoms with Crippen LogP contribution in [-0.4, -0.2) is 46.8 Å². The molecule has 2 atom stereocenters. The Morgan fingerprint density at radius 2 is 1.97 bits per heavy atom. The van der Waals surface area contributed by atoms with Crippen molar-refractivity contribution in [1.82, 2.24) is 5.32 Å². The third kappa shape index (κ3) is 5.04. The number of nitrogens with zero attached hydrogens (tertiary/aromatic N) is 1. The highest BCUT2D eigenvalue weighted by Gasteiger charge is 2.50. The number of carbonyl (C=O) groups is 3. The molecular formula is C22H29FN2O5. The van der Waals surface area contributed by atoms with Crippen LogP contribution in [0.5, 0.6) is 0 Å². The Balaban J connectivity index is 2.27. The molecule has 2 unspecified atom stereocenters. The summed E-state index contributed by atoms with van der Waals surface area (Å²) in [4.78, 5) is 41.4. The molecule has 1 amide bonds. The van der Waals surface area contributed by atoms with E-state index in [1.54, 1.807) is 13.8 Å². The lowest BCUT2D eigenvalue weighted by Gasteiger charge is -2.30. The number of hydrogen-bond donors (Lipinski definition) is 2. The van der Waals surface area contributed by atoms with Gasteiger partial charge in [0.05, 0.1) is 12.1 Å². The fourth-order valence-corrected chi connectivity index (χ4v) is 3.26. The third-order valence-corrected chi connectivity index (χ3v) is 5.33. The van der Waals surface area contributed by atoms with E-state index in [9.17, 15) is 18.8 Å². The van der Waals surface area contributed by atoms with Crippen molar-refractivity contribution in [3.05, 3.63) is 35.4 Å². The van der Waals surface area contributed by atoms with E-state index in [1.807, 2.05) is 24.3 Å². The Labute approximate surface area is 175 Å². The lowest BCUT2D eigenvalue weighted by atomic mass is 9.81. The molecule has 1 aromatic rings. The van der Waals surface area contributed by atoms with E-state index < -0.39 is 42.4 Å². The molecule has 0 fully saturated rings. The molecule has 8 heteroatoms. The highest BCUT2D eigenvalue weighted by Crippen LogP contribution is 2.35. The Hall–Kier alpha value is -2.77. The average Bonchev–Trinajstić information content (AvgIpc) is 3.13. The molecule has 1 aliphatic heterocycles. The number of oxime groups is 1. The number of nitrogens with one attached hydrogen (secondary N) is 1. The number of halogens is 1. The standard InChI is InChI=1S/C22H29FN2O5/c1-13(2)22(20(29)24-16(10-19(27)28)18(26)12-23)11-17(25-30-22)14-7-6-8-15(9-14)21(3,4)5/h6-9,13,16H,10-12H2,1-5H3,(H,24,29)(H,27,28). The highest BCUT2D eigenvalue weighted by molar-refractivity contribution is 6.06. The Bertz CT molecular complexity index is 859. The summed E-state index contributed by atoms with van der Waals surface area (Å²) >= 11 is 0. The second kappa shape index (κ2) is 8.93. The summed E-state index contributed by atoms with van der Waals surface area (Å²) in [5, 5.41) is 15.5. The molecule has 1 aromatic carbocycles. The predicted molar refractivity (Wildman–Crippen MR) is 110 cm³/mol. The normalized spacial score (nSPS) is 19.8. The molecule has 0 aromatic heterocycles. The number of rotatable bonds is 8. The maximum Gasteiger partial charge on any atom is 0.305 e. The van der Waals surface area contributed by atoms with Gasteiger partial charge in [-0.2, -0.15) is 0 Å². The van der Waals surface area contributed by atoms with Crippen LogP contribution in [0.4, 0.5) is 4.39 Å². The molecule has 1 aliphatic rings. The molecule has 1 heterocycles. The summed E-state index contributed by atoms with van der Waals surface area (Å²) in [5.41, 5.74) is 1.01. The largest absolute Gasteiger partial charge is 0.481 e. The average molecular weight is 420 g/mol. The minimum atomic E-state index is -1.47. The zero-order valence-electron chi connectivity index (χ0n) is 18.0. The number of ketones is 1. The van der Waals surface area contributed by atoms with Gasteiger partial charge in [-0.15, -0.1) is 0 Å². The van der Waals surface area contributed by atoms with Gasteiger partial charge in [0.2, 0.25) is 5.60 Å². The molecule has 0 saturated heterocycles. The van der Waals surface area contributed by atoms with Gasteiger partial charge >= 0.3 is 5.97 Å². The van der Waals surface area contributed by atoms with Crippen molar-refractivity contribution < 1.29 is 28.7 Å². The molecule has 0 saturated carbocycles. The van der Waals surface area contributed by atoms with Crippen LogP contribution in [0.15, 0.2) is 29.4 Å². The number of amides is 1. The molecule has 30 heavy (non-hydrogen) atoms. The molecule has 0 radical (unpaired) electrons. The summed E-state index contributed by atoms with van der Waals surface area (Å²) in [6.07, 6.45) is -0.558. The van der Waals surface area contributed by atoms with Gasteiger partial charge in [-0.3, -0.25) is 14.4 Å². The van der Waals surface area contributed by atoms with Crippen LogP contribution in [0.1, 0.15) is 58.6 Å². The fraction of sp³-hybridized carbons (Fsp3) is 0.545. The Morgan fingerprint density at radius 3 is 2.50 bits per heavy atom. The van der Waals surface area contributed by atoms with Crippen molar-refractivity contribution in [3.63, 3.8) is 0 Å². The number of Topliss-reactive ketones (excluding diaryl/α,β-unsaturated/α-hetero) is 1. The first-order valence-corrected chi connectivity index (χ1v) is 9.88. The maximum atomic E-state index is 13.0. The quantitative estimate of drug-likeness (QED) is 0.673. The van der Waals surface area contributed by atoms with E-state index in [0.29, 0.717) is 5.71 Å². The van der Waals surface area contributed by atoms with Crippen molar-refractivity contribution in [3.8, 4) is 0 Å². The first-order valence-electron chi connectivity index (χ1n) is 9.88. The minimum absolute atomic E-state index is 0.0701. The van der Waals surface area contributed by atoms with E-state index in [2.05, 4.69) is 31.2 Å². The number of carboxylic acid groups (broad SMARTS) is 1. The molecule has 0 spiro atoms. The second-order valence-electron chi connectivity index (χ2n) is 8.90. The maximum absolute atomic E-state index is 13.0. The fourth-order valence-electron chi connectivity index (χ4n) is 3.26. The van der Waals surface area contributed by atoms with Crippen molar-refractivity contribution in [2.24, 2.45) is 11.1 Å². The monoisotopic (exact) mass is 420 g/mol. The topological polar surface area (TPSA) is 105 Å². The van der Waals surface area contributed by atoms with E-state index in [4.69, 9.17) is 9.94 Å². The summed E-state index contributed by atoms with van der Waals surface area (Å²) < 4.78 is 12.8. The van der Waals surface area contributed by atoms with E-state index >= 15 is 0 Å². The van der Waals surface area contributed by atoms with Gasteiger partial charge < -0.3 is 15.3 Å². The van der Waals surface area contributed by atoms with Gasteiger partial charge in [-0.1, -0.05) is 58.0 Å². The van der Waals surface area contributed by atoms with Gasteiger partial charge in [-0.25, -0.2) is 4.39 Å². The summed E-state index contributed by atoms with van der Waals surface area (Å²) in [6, 6.07) is 6.34. The lowest BCUT2D eigenvalue weighted by Crippen LogP contribution is -2.55. The van der Waals surface area contributed by atoms with Gasteiger partial charge in [0.1, 0.15) is 12.7 Å². The molecular weight excluding hydrogens is 391 g/mol. The van der Waals surface area contributed by atoms with Crippen LogP contribution >= 0.6 is 0 Å².